The summed E-state index contributed by atoms with van der Waals surface area (Å²) < 4.78 is 5.30. The zero-order chi connectivity index (χ0) is 21.7. The largest absolute Gasteiger partial charge is 0.378 e. The lowest BCUT2D eigenvalue weighted by Gasteiger charge is -2.47. The molecule has 6 unspecified atom stereocenters. The molecule has 1 aromatic heterocycles. The van der Waals surface area contributed by atoms with E-state index in [4.69, 9.17) is 4.74 Å². The van der Waals surface area contributed by atoms with E-state index in [0.717, 1.165) is 16.3 Å². The number of likely N-dealkylation sites (tertiary alicyclic amines) is 1. The van der Waals surface area contributed by atoms with Crippen LogP contribution in [0.1, 0.15) is 25.1 Å². The molecule has 166 valence electrons. The molecule has 4 fully saturated rings. The molecule has 0 radical (unpaired) electrons. The van der Waals surface area contributed by atoms with Crippen LogP contribution in [0.4, 0.5) is 0 Å². The van der Waals surface area contributed by atoms with E-state index in [2.05, 4.69) is 18.8 Å². The molecule has 6 rings (SSSR count). The first-order valence-corrected chi connectivity index (χ1v) is 12.6. The third-order valence-electron chi connectivity index (χ3n) is 8.14. The van der Waals surface area contributed by atoms with Crippen LogP contribution in [-0.4, -0.2) is 70.6 Å². The van der Waals surface area contributed by atoms with E-state index in [1.54, 1.807) is 16.7 Å². The summed E-state index contributed by atoms with van der Waals surface area (Å²) in [6, 6.07) is 0. The number of nitrogens with zero attached hydrogens (tertiary/aromatic N) is 2. The quantitative estimate of drug-likeness (QED) is 0.655. The van der Waals surface area contributed by atoms with Crippen LogP contribution in [0.3, 0.4) is 0 Å². The summed E-state index contributed by atoms with van der Waals surface area (Å²) in [7, 11) is 0. The summed E-state index contributed by atoms with van der Waals surface area (Å²) in [6.45, 7) is 6.17. The van der Waals surface area contributed by atoms with Crippen LogP contribution in [-0.2, 0) is 24.5 Å². The molecule has 6 atom stereocenters. The van der Waals surface area contributed by atoms with E-state index in [1.807, 2.05) is 0 Å². The molecular weight excluding hydrogens is 438 g/mol. The number of hydrogen-bond acceptors (Lipinski definition) is 7. The van der Waals surface area contributed by atoms with Crippen molar-refractivity contribution in [2.75, 3.05) is 32.8 Å². The Hall–Kier alpha value is -1.65. The smallest absolute Gasteiger partial charge is 0.305 e. The second-order valence-electron chi connectivity index (χ2n) is 9.87. The SMILES string of the molecule is CC1(C)c2sc(=O)[nH]c2SC2C3CC(C4C(=O)N(CC(=O)N5CCOCC5)C(=O)C34)C21. The number of aromatic nitrogens is 1. The Bertz CT molecular complexity index is 1040. The van der Waals surface area contributed by atoms with Crippen molar-refractivity contribution in [1.82, 2.24) is 14.8 Å². The van der Waals surface area contributed by atoms with Gasteiger partial charge < -0.3 is 14.6 Å². The van der Waals surface area contributed by atoms with Crippen LogP contribution in [0.2, 0.25) is 0 Å². The van der Waals surface area contributed by atoms with E-state index >= 15 is 0 Å². The Morgan fingerprint density at radius 3 is 2.52 bits per heavy atom. The summed E-state index contributed by atoms with van der Waals surface area (Å²) >= 11 is 2.96. The maximum absolute atomic E-state index is 13.4. The molecule has 0 spiro atoms. The van der Waals surface area contributed by atoms with Gasteiger partial charge in [-0.15, -0.1) is 11.8 Å². The number of carbonyl (C=O) groups is 3. The Morgan fingerprint density at radius 1 is 1.13 bits per heavy atom. The Labute approximate surface area is 187 Å². The predicted molar refractivity (Wildman–Crippen MR) is 114 cm³/mol. The van der Waals surface area contributed by atoms with E-state index in [1.165, 1.54) is 16.2 Å². The number of imide groups is 1. The Kier molecular flexibility index (Phi) is 4.31. The molecule has 10 heteroatoms. The molecule has 0 aromatic carbocycles. The zero-order valence-electron chi connectivity index (χ0n) is 17.5. The van der Waals surface area contributed by atoms with Gasteiger partial charge in [-0.05, 0) is 24.2 Å². The van der Waals surface area contributed by atoms with Crippen LogP contribution in [0.5, 0.6) is 0 Å². The number of hydrogen-bond donors (Lipinski definition) is 1. The van der Waals surface area contributed by atoms with Crippen LogP contribution < -0.4 is 4.87 Å². The van der Waals surface area contributed by atoms with Gasteiger partial charge >= 0.3 is 4.87 Å². The van der Waals surface area contributed by atoms with Crippen LogP contribution in [0, 0.1) is 29.6 Å². The van der Waals surface area contributed by atoms with Gasteiger partial charge in [0.05, 0.1) is 30.1 Å². The van der Waals surface area contributed by atoms with Crippen molar-refractivity contribution in [1.29, 1.82) is 0 Å². The molecule has 2 saturated carbocycles. The van der Waals surface area contributed by atoms with Gasteiger partial charge in [-0.2, -0.15) is 0 Å². The van der Waals surface area contributed by atoms with Crippen molar-refractivity contribution in [3.63, 3.8) is 0 Å². The normalized spacial score (nSPS) is 37.7. The van der Waals surface area contributed by atoms with Gasteiger partial charge in [0.2, 0.25) is 17.7 Å². The lowest BCUT2D eigenvalue weighted by molar-refractivity contribution is -0.148. The molecule has 5 aliphatic rings. The number of H-pyrrole nitrogens is 1. The number of ether oxygens (including phenoxy) is 1. The number of amides is 3. The summed E-state index contributed by atoms with van der Waals surface area (Å²) in [5, 5.41) is 1.15. The lowest BCUT2D eigenvalue weighted by Crippen LogP contribution is -2.48. The van der Waals surface area contributed by atoms with E-state index in [9.17, 15) is 19.2 Å². The van der Waals surface area contributed by atoms with Gasteiger partial charge in [0.15, 0.2) is 0 Å². The molecule has 1 N–H and O–H groups in total. The third-order valence-corrected chi connectivity index (χ3v) is 10.9. The van der Waals surface area contributed by atoms with Crippen molar-refractivity contribution in [2.24, 2.45) is 29.6 Å². The predicted octanol–water partition coefficient (Wildman–Crippen LogP) is 0.914. The van der Waals surface area contributed by atoms with Crippen LogP contribution >= 0.6 is 23.1 Å². The summed E-state index contributed by atoms with van der Waals surface area (Å²) in [4.78, 5) is 58.4. The van der Waals surface area contributed by atoms with Gasteiger partial charge in [0.25, 0.3) is 0 Å². The minimum Gasteiger partial charge on any atom is -0.378 e. The Balaban J connectivity index is 1.29. The van der Waals surface area contributed by atoms with Gasteiger partial charge in [0, 0.05) is 28.6 Å². The van der Waals surface area contributed by atoms with Gasteiger partial charge in [-0.3, -0.25) is 24.1 Å². The maximum atomic E-state index is 13.4. The first-order chi connectivity index (χ1) is 14.8. The molecule has 4 heterocycles. The molecule has 3 aliphatic heterocycles. The molecule has 2 saturated heterocycles. The van der Waals surface area contributed by atoms with Crippen molar-refractivity contribution in [3.05, 3.63) is 14.5 Å². The molecule has 1 aromatic rings. The molecule has 8 nitrogen and oxygen atoms in total. The first-order valence-electron chi connectivity index (χ1n) is 10.9. The Morgan fingerprint density at radius 2 is 1.81 bits per heavy atom. The van der Waals surface area contributed by atoms with E-state index in [-0.39, 0.29) is 69.4 Å². The summed E-state index contributed by atoms with van der Waals surface area (Å²) in [6.07, 6.45) is 0.878. The van der Waals surface area contributed by atoms with Crippen molar-refractivity contribution in [2.45, 2.75) is 36.0 Å². The maximum Gasteiger partial charge on any atom is 0.305 e. The van der Waals surface area contributed by atoms with Crippen molar-refractivity contribution in [3.8, 4) is 0 Å². The van der Waals surface area contributed by atoms with E-state index in [0.29, 0.717) is 26.3 Å². The van der Waals surface area contributed by atoms with Crippen LogP contribution in [0.15, 0.2) is 9.82 Å². The third kappa shape index (κ3) is 2.64. The average Bonchev–Trinajstić information content (AvgIpc) is 3.47. The minimum atomic E-state index is -0.327. The second-order valence-corrected chi connectivity index (χ2v) is 12.0. The van der Waals surface area contributed by atoms with Crippen molar-refractivity contribution >= 4 is 40.8 Å². The number of aromatic amines is 1. The lowest BCUT2D eigenvalue weighted by atomic mass is 9.64. The highest BCUT2D eigenvalue weighted by Gasteiger charge is 2.70. The molecule has 3 amide bonds. The fourth-order valence-electron chi connectivity index (χ4n) is 6.92. The molecule has 2 aliphatic carbocycles. The number of rotatable bonds is 2. The number of thioether (sulfide) groups is 1. The molecule has 31 heavy (non-hydrogen) atoms. The average molecular weight is 464 g/mol. The zero-order valence-corrected chi connectivity index (χ0v) is 19.1. The number of morpholine rings is 1. The van der Waals surface area contributed by atoms with Gasteiger partial charge in [0.1, 0.15) is 6.54 Å². The van der Waals surface area contributed by atoms with Gasteiger partial charge in [-0.1, -0.05) is 25.2 Å². The highest BCUT2D eigenvalue weighted by atomic mass is 32.2. The van der Waals surface area contributed by atoms with Crippen molar-refractivity contribution < 1.29 is 19.1 Å². The fraction of sp³-hybridized carbons (Fsp3) is 0.714. The topological polar surface area (TPSA) is 99.8 Å². The number of nitrogens with one attached hydrogen (secondary N) is 1. The standard InChI is InChI=1S/C21H25N3O5S2/c1-21(2)14-9-7-10(15(14)30-17-16(21)31-20(28)22-17)13-12(9)18(26)24(19(13)27)8-11(25)23-3-5-29-6-4-23/h9-10,12-15H,3-8H2,1-2H3,(H,22,28). The first kappa shape index (κ1) is 20.0. The highest BCUT2D eigenvalue weighted by molar-refractivity contribution is 8.00. The van der Waals surface area contributed by atoms with Crippen LogP contribution in [0.25, 0.3) is 0 Å². The summed E-state index contributed by atoms with van der Waals surface area (Å²) in [5.41, 5.74) is -0.222. The second kappa shape index (κ2) is 6.68. The number of thiazole rings is 1. The minimum absolute atomic E-state index is 0.0435. The monoisotopic (exact) mass is 463 g/mol. The summed E-state index contributed by atoms with van der Waals surface area (Å²) in [5.74, 6) is -0.700. The number of carbonyl (C=O) groups excluding carboxylic acids is 3. The van der Waals surface area contributed by atoms with E-state index < -0.39 is 0 Å². The number of fused-ring (bicyclic) bond motifs is 9. The molecule has 2 bridgehead atoms. The fourth-order valence-corrected chi connectivity index (χ4v) is 10.1. The molecular formula is C21H25N3O5S2. The van der Waals surface area contributed by atoms with Gasteiger partial charge in [-0.25, -0.2) is 0 Å². The highest BCUT2D eigenvalue weighted by Crippen LogP contribution is 2.68.